The molecular formula is C14H11BrClFN2O. The van der Waals surface area contributed by atoms with Crippen LogP contribution in [0.15, 0.2) is 34.8 Å². The van der Waals surface area contributed by atoms with Crippen molar-refractivity contribution >= 4 is 33.4 Å². The molecule has 3 N–H and O–H groups in total. The Hall–Kier alpha value is -1.59. The molecule has 0 unspecified atom stereocenters. The van der Waals surface area contributed by atoms with Gasteiger partial charge in [-0.25, -0.2) is 4.39 Å². The second-order valence-electron chi connectivity index (χ2n) is 4.16. The van der Waals surface area contributed by atoms with E-state index in [1.807, 2.05) is 13.0 Å². The maximum atomic E-state index is 13.5. The van der Waals surface area contributed by atoms with Crippen LogP contribution in [0.1, 0.15) is 11.1 Å². The number of rotatable bonds is 3. The Morgan fingerprint density at radius 3 is 2.75 bits per heavy atom. The standard InChI is InChI=1S/C14H11BrClFN2O/c1-7-3-2-4-8(14(18)19)13(7)20-12-6-11(17)10(16)5-9(12)15/h2-6H,1H3,(H3,18,19). The van der Waals surface area contributed by atoms with Gasteiger partial charge in [0.15, 0.2) is 0 Å². The van der Waals surface area contributed by atoms with Crippen molar-refractivity contribution in [3.8, 4) is 11.5 Å². The van der Waals surface area contributed by atoms with Crippen LogP contribution < -0.4 is 10.5 Å². The van der Waals surface area contributed by atoms with Crippen LogP contribution in [-0.2, 0) is 0 Å². The molecule has 0 amide bonds. The molecule has 2 rings (SSSR count). The highest BCUT2D eigenvalue weighted by molar-refractivity contribution is 9.10. The lowest BCUT2D eigenvalue weighted by atomic mass is 10.1. The van der Waals surface area contributed by atoms with E-state index in [9.17, 15) is 4.39 Å². The third kappa shape index (κ3) is 2.94. The molecule has 0 radical (unpaired) electrons. The van der Waals surface area contributed by atoms with E-state index in [0.29, 0.717) is 15.8 Å². The van der Waals surface area contributed by atoms with Crippen LogP contribution in [0.4, 0.5) is 4.39 Å². The van der Waals surface area contributed by atoms with E-state index in [-0.39, 0.29) is 16.6 Å². The van der Waals surface area contributed by atoms with Gasteiger partial charge in [0.2, 0.25) is 0 Å². The zero-order valence-corrected chi connectivity index (χ0v) is 12.8. The van der Waals surface area contributed by atoms with Gasteiger partial charge in [0.1, 0.15) is 23.2 Å². The van der Waals surface area contributed by atoms with Gasteiger partial charge in [-0.05, 0) is 40.5 Å². The molecule has 0 fully saturated rings. The average molecular weight is 358 g/mol. The first kappa shape index (κ1) is 14.8. The highest BCUT2D eigenvalue weighted by Crippen LogP contribution is 2.36. The summed E-state index contributed by atoms with van der Waals surface area (Å²) in [6.45, 7) is 1.82. The van der Waals surface area contributed by atoms with Crippen LogP contribution in [0.3, 0.4) is 0 Å². The van der Waals surface area contributed by atoms with Crippen molar-refractivity contribution in [1.29, 1.82) is 5.41 Å². The summed E-state index contributed by atoms with van der Waals surface area (Å²) in [6, 6.07) is 7.87. The molecule has 0 spiro atoms. The summed E-state index contributed by atoms with van der Waals surface area (Å²) in [4.78, 5) is 0. The van der Waals surface area contributed by atoms with Gasteiger partial charge in [-0.1, -0.05) is 23.7 Å². The van der Waals surface area contributed by atoms with Crippen LogP contribution >= 0.6 is 27.5 Å². The van der Waals surface area contributed by atoms with Gasteiger partial charge in [-0.2, -0.15) is 0 Å². The lowest BCUT2D eigenvalue weighted by Gasteiger charge is -2.14. The molecule has 0 aliphatic rings. The number of nitrogens with one attached hydrogen (secondary N) is 1. The Balaban J connectivity index is 2.50. The number of aryl methyl sites for hydroxylation is 1. The molecule has 0 aliphatic heterocycles. The molecule has 104 valence electrons. The molecule has 0 bridgehead atoms. The van der Waals surface area contributed by atoms with Crippen molar-refractivity contribution in [2.45, 2.75) is 6.92 Å². The molecular weight excluding hydrogens is 347 g/mol. The molecule has 0 saturated carbocycles. The van der Waals surface area contributed by atoms with E-state index in [2.05, 4.69) is 15.9 Å². The SMILES string of the molecule is Cc1cccc(C(=N)N)c1Oc1cc(F)c(Cl)cc1Br. The molecule has 6 heteroatoms. The summed E-state index contributed by atoms with van der Waals surface area (Å²) in [7, 11) is 0. The van der Waals surface area contributed by atoms with Gasteiger partial charge in [-0.15, -0.1) is 0 Å². The lowest BCUT2D eigenvalue weighted by molar-refractivity contribution is 0.469. The number of amidine groups is 1. The van der Waals surface area contributed by atoms with Crippen molar-refractivity contribution in [1.82, 2.24) is 0 Å². The van der Waals surface area contributed by atoms with Crippen LogP contribution in [0.5, 0.6) is 11.5 Å². The highest BCUT2D eigenvalue weighted by atomic mass is 79.9. The molecule has 2 aromatic carbocycles. The molecule has 2 aromatic rings. The normalized spacial score (nSPS) is 10.4. The number of benzene rings is 2. The fraction of sp³-hybridized carbons (Fsp3) is 0.0714. The first-order chi connectivity index (χ1) is 9.40. The lowest BCUT2D eigenvalue weighted by Crippen LogP contribution is -2.12. The third-order valence-corrected chi connectivity index (χ3v) is 3.60. The van der Waals surface area contributed by atoms with E-state index >= 15 is 0 Å². The molecule has 0 heterocycles. The first-order valence-electron chi connectivity index (χ1n) is 5.66. The zero-order chi connectivity index (χ0) is 14.9. The number of para-hydroxylation sites is 1. The minimum Gasteiger partial charge on any atom is -0.455 e. The third-order valence-electron chi connectivity index (χ3n) is 2.69. The second kappa shape index (κ2) is 5.81. The number of ether oxygens (including phenoxy) is 1. The average Bonchev–Trinajstić information content (AvgIpc) is 2.37. The summed E-state index contributed by atoms with van der Waals surface area (Å²) >= 11 is 8.95. The number of hydrogen-bond donors (Lipinski definition) is 2. The van der Waals surface area contributed by atoms with E-state index in [0.717, 1.165) is 5.56 Å². The Kier molecular flexibility index (Phi) is 4.30. The Bertz CT molecular complexity index is 691. The topological polar surface area (TPSA) is 59.1 Å². The van der Waals surface area contributed by atoms with Gasteiger partial charge < -0.3 is 10.5 Å². The van der Waals surface area contributed by atoms with Crippen molar-refractivity contribution in [3.63, 3.8) is 0 Å². The minimum atomic E-state index is -0.581. The van der Waals surface area contributed by atoms with E-state index in [4.69, 9.17) is 27.5 Å². The van der Waals surface area contributed by atoms with Crippen LogP contribution in [0.25, 0.3) is 0 Å². The van der Waals surface area contributed by atoms with E-state index < -0.39 is 5.82 Å². The summed E-state index contributed by atoms with van der Waals surface area (Å²) in [5.41, 5.74) is 6.77. The van der Waals surface area contributed by atoms with E-state index in [1.54, 1.807) is 12.1 Å². The number of hydrogen-bond acceptors (Lipinski definition) is 2. The maximum Gasteiger partial charge on any atom is 0.145 e. The summed E-state index contributed by atoms with van der Waals surface area (Å²) in [5.74, 6) is -0.0109. The zero-order valence-electron chi connectivity index (χ0n) is 10.5. The van der Waals surface area contributed by atoms with Crippen molar-refractivity contribution < 1.29 is 9.13 Å². The predicted molar refractivity (Wildman–Crippen MR) is 81.4 cm³/mol. The molecule has 0 aliphatic carbocycles. The van der Waals surface area contributed by atoms with Gasteiger partial charge in [0.25, 0.3) is 0 Å². The van der Waals surface area contributed by atoms with Crippen molar-refractivity contribution in [2.24, 2.45) is 5.73 Å². The predicted octanol–water partition coefficient (Wildman–Crippen LogP) is 4.63. The summed E-state index contributed by atoms with van der Waals surface area (Å²) < 4.78 is 19.7. The minimum absolute atomic E-state index is 0.000741. The van der Waals surface area contributed by atoms with Crippen molar-refractivity contribution in [3.05, 3.63) is 56.8 Å². The molecule has 3 nitrogen and oxygen atoms in total. The van der Waals surface area contributed by atoms with Crippen LogP contribution in [-0.4, -0.2) is 5.84 Å². The maximum absolute atomic E-state index is 13.5. The molecule has 0 saturated heterocycles. The highest BCUT2D eigenvalue weighted by Gasteiger charge is 2.14. The Morgan fingerprint density at radius 2 is 2.10 bits per heavy atom. The number of halogens is 3. The smallest absolute Gasteiger partial charge is 0.145 e. The first-order valence-corrected chi connectivity index (χ1v) is 6.83. The van der Waals surface area contributed by atoms with Crippen molar-refractivity contribution in [2.75, 3.05) is 0 Å². The largest absolute Gasteiger partial charge is 0.455 e. The quantitative estimate of drug-likeness (QED) is 0.478. The van der Waals surface area contributed by atoms with Gasteiger partial charge in [0, 0.05) is 6.07 Å². The fourth-order valence-corrected chi connectivity index (χ4v) is 2.41. The van der Waals surface area contributed by atoms with Gasteiger partial charge >= 0.3 is 0 Å². The Morgan fingerprint density at radius 1 is 1.40 bits per heavy atom. The van der Waals surface area contributed by atoms with Gasteiger partial charge in [0.05, 0.1) is 15.1 Å². The summed E-state index contributed by atoms with van der Waals surface area (Å²) in [6.07, 6.45) is 0. The number of nitrogens with two attached hydrogens (primary N) is 1. The number of nitrogen functional groups attached to an aromatic ring is 1. The summed E-state index contributed by atoms with van der Waals surface area (Å²) in [5, 5.41) is 7.56. The van der Waals surface area contributed by atoms with Crippen LogP contribution in [0.2, 0.25) is 5.02 Å². The van der Waals surface area contributed by atoms with Gasteiger partial charge in [-0.3, -0.25) is 5.41 Å². The Labute approximate surface area is 129 Å². The fourth-order valence-electron chi connectivity index (χ4n) is 1.69. The molecule has 0 aromatic heterocycles. The second-order valence-corrected chi connectivity index (χ2v) is 5.43. The monoisotopic (exact) mass is 356 g/mol. The molecule has 0 atom stereocenters. The molecule has 20 heavy (non-hydrogen) atoms. The van der Waals surface area contributed by atoms with Crippen LogP contribution in [0, 0.1) is 18.2 Å². The van der Waals surface area contributed by atoms with E-state index in [1.165, 1.54) is 12.1 Å².